The minimum atomic E-state index is -4.84. The summed E-state index contributed by atoms with van der Waals surface area (Å²) in [6.07, 6.45) is -1.26. The maximum Gasteiger partial charge on any atom is 0.573 e. The fourth-order valence-electron chi connectivity index (χ4n) is 3.09. The number of benzene rings is 1. The van der Waals surface area contributed by atoms with Gasteiger partial charge in [0.1, 0.15) is 17.9 Å². The number of alkyl halides is 3. The number of ether oxygens (including phenoxy) is 2. The van der Waals surface area contributed by atoms with Crippen LogP contribution < -0.4 is 14.2 Å². The number of sulfonamides is 1. The number of rotatable bonds is 6. The molecular formula is C19H18F3N3O4S. The lowest BCUT2D eigenvalue weighted by atomic mass is 9.94. The lowest BCUT2D eigenvalue weighted by Gasteiger charge is -2.29. The second-order valence-corrected chi connectivity index (χ2v) is 8.44. The molecule has 2 aromatic rings. The maximum atomic E-state index is 12.5. The van der Waals surface area contributed by atoms with Gasteiger partial charge in [-0.2, -0.15) is 5.26 Å². The summed E-state index contributed by atoms with van der Waals surface area (Å²) in [5, 5.41) is 8.77. The quantitative estimate of drug-likeness (QED) is 0.736. The molecule has 7 nitrogen and oxygen atoms in total. The van der Waals surface area contributed by atoms with Crippen LogP contribution >= 0.6 is 0 Å². The van der Waals surface area contributed by atoms with Crippen molar-refractivity contribution in [2.24, 2.45) is 0 Å². The summed E-state index contributed by atoms with van der Waals surface area (Å²) >= 11 is 0. The van der Waals surface area contributed by atoms with Crippen LogP contribution in [0.1, 0.15) is 31.2 Å². The number of halogens is 3. The van der Waals surface area contributed by atoms with Crippen molar-refractivity contribution in [2.45, 2.75) is 49.1 Å². The number of aromatic nitrogens is 1. The van der Waals surface area contributed by atoms with Crippen LogP contribution in [-0.2, 0) is 10.0 Å². The maximum absolute atomic E-state index is 12.5. The third kappa shape index (κ3) is 6.08. The Kier molecular flexibility index (Phi) is 6.48. The highest BCUT2D eigenvalue weighted by Crippen LogP contribution is 2.26. The van der Waals surface area contributed by atoms with Crippen molar-refractivity contribution >= 4 is 10.0 Å². The van der Waals surface area contributed by atoms with Crippen molar-refractivity contribution in [2.75, 3.05) is 0 Å². The molecule has 1 N–H and O–H groups in total. The molecule has 1 aliphatic rings. The van der Waals surface area contributed by atoms with Gasteiger partial charge in [-0.1, -0.05) is 0 Å². The smallest absolute Gasteiger partial charge is 0.474 e. The average molecular weight is 441 g/mol. The van der Waals surface area contributed by atoms with Crippen LogP contribution in [0, 0.1) is 11.3 Å². The molecule has 1 aromatic carbocycles. The zero-order chi connectivity index (χ0) is 21.8. The van der Waals surface area contributed by atoms with E-state index in [1.807, 2.05) is 6.07 Å². The van der Waals surface area contributed by atoms with Gasteiger partial charge in [-0.05, 0) is 56.0 Å². The second kappa shape index (κ2) is 8.89. The predicted octanol–water partition coefficient (Wildman–Crippen LogP) is 3.52. The van der Waals surface area contributed by atoms with Gasteiger partial charge in [0, 0.05) is 18.3 Å². The van der Waals surface area contributed by atoms with Gasteiger partial charge in [0.05, 0.1) is 10.5 Å². The number of hydrogen-bond donors (Lipinski definition) is 1. The molecule has 0 unspecified atom stereocenters. The van der Waals surface area contributed by atoms with Crippen LogP contribution in [-0.4, -0.2) is 31.9 Å². The Morgan fingerprint density at radius 1 is 1.07 bits per heavy atom. The van der Waals surface area contributed by atoms with Gasteiger partial charge in [0.15, 0.2) is 0 Å². The normalized spacial score (nSPS) is 19.7. The summed E-state index contributed by atoms with van der Waals surface area (Å²) in [7, 11) is -3.88. The fraction of sp³-hybridized carbons (Fsp3) is 0.368. The Morgan fingerprint density at radius 2 is 1.73 bits per heavy atom. The third-order valence-corrected chi connectivity index (χ3v) is 6.05. The SMILES string of the molecule is N#Cc1ccc(OC2CCC(NS(=O)(=O)c3ccc(OC(F)(F)F)cc3)CC2)nc1. The van der Waals surface area contributed by atoms with Crippen LogP contribution in [0.15, 0.2) is 47.5 Å². The van der Waals surface area contributed by atoms with Gasteiger partial charge < -0.3 is 9.47 Å². The first-order chi connectivity index (χ1) is 14.1. The van der Waals surface area contributed by atoms with Crippen LogP contribution in [0.3, 0.4) is 0 Å². The molecule has 1 aromatic heterocycles. The molecule has 1 aliphatic carbocycles. The van der Waals surface area contributed by atoms with E-state index in [0.717, 1.165) is 24.3 Å². The lowest BCUT2D eigenvalue weighted by Crippen LogP contribution is -2.39. The number of nitrogens with zero attached hydrogens (tertiary/aromatic N) is 2. The molecule has 0 amide bonds. The first kappa shape index (κ1) is 21.9. The summed E-state index contributed by atoms with van der Waals surface area (Å²) in [5.41, 5.74) is 0.429. The van der Waals surface area contributed by atoms with Crippen LogP contribution in [0.2, 0.25) is 0 Å². The van der Waals surface area contributed by atoms with E-state index < -0.39 is 22.1 Å². The lowest BCUT2D eigenvalue weighted by molar-refractivity contribution is -0.274. The van der Waals surface area contributed by atoms with Crippen molar-refractivity contribution in [1.29, 1.82) is 5.26 Å². The fourth-order valence-corrected chi connectivity index (χ4v) is 4.40. The molecule has 0 saturated heterocycles. The van der Waals surface area contributed by atoms with E-state index in [1.54, 1.807) is 12.1 Å². The summed E-state index contributed by atoms with van der Waals surface area (Å²) in [6, 6.07) is 8.92. The molecule has 1 fully saturated rings. The summed E-state index contributed by atoms with van der Waals surface area (Å²) in [6.45, 7) is 0. The van der Waals surface area contributed by atoms with Gasteiger partial charge >= 0.3 is 6.36 Å². The second-order valence-electron chi connectivity index (χ2n) is 6.73. The van der Waals surface area contributed by atoms with Gasteiger partial charge in [-0.3, -0.25) is 0 Å². The Balaban J connectivity index is 1.52. The first-order valence-corrected chi connectivity index (χ1v) is 10.5. The highest BCUT2D eigenvalue weighted by Gasteiger charge is 2.31. The van der Waals surface area contributed by atoms with Crippen LogP contribution in [0.25, 0.3) is 0 Å². The Hall–Kier alpha value is -2.84. The molecule has 0 spiro atoms. The highest BCUT2D eigenvalue weighted by atomic mass is 32.2. The minimum absolute atomic E-state index is 0.120. The van der Waals surface area contributed by atoms with Crippen molar-refractivity contribution in [3.05, 3.63) is 48.2 Å². The van der Waals surface area contributed by atoms with E-state index in [2.05, 4.69) is 14.4 Å². The molecule has 0 atom stereocenters. The summed E-state index contributed by atoms with van der Waals surface area (Å²) in [4.78, 5) is 3.91. The zero-order valence-corrected chi connectivity index (χ0v) is 16.4. The molecule has 0 bridgehead atoms. The number of hydrogen-bond acceptors (Lipinski definition) is 6. The van der Waals surface area contributed by atoms with E-state index in [4.69, 9.17) is 10.00 Å². The molecule has 3 rings (SSSR count). The van der Waals surface area contributed by atoms with Gasteiger partial charge in [-0.25, -0.2) is 18.1 Å². The molecular weight excluding hydrogens is 423 g/mol. The first-order valence-electron chi connectivity index (χ1n) is 9.05. The van der Waals surface area contributed by atoms with Gasteiger partial charge in [-0.15, -0.1) is 13.2 Å². The van der Waals surface area contributed by atoms with Crippen LogP contribution in [0.4, 0.5) is 13.2 Å². The molecule has 1 heterocycles. The van der Waals surface area contributed by atoms with Crippen molar-refractivity contribution in [3.63, 3.8) is 0 Å². The molecule has 160 valence electrons. The molecule has 1 saturated carbocycles. The van der Waals surface area contributed by atoms with E-state index in [0.29, 0.717) is 37.1 Å². The van der Waals surface area contributed by atoms with Crippen molar-refractivity contribution < 1.29 is 31.1 Å². The summed E-state index contributed by atoms with van der Waals surface area (Å²) < 4.78 is 73.7. The molecule has 0 radical (unpaired) electrons. The van der Waals surface area contributed by atoms with Crippen LogP contribution in [0.5, 0.6) is 11.6 Å². The predicted molar refractivity (Wildman–Crippen MR) is 99.1 cm³/mol. The van der Waals surface area contributed by atoms with Gasteiger partial charge in [0.2, 0.25) is 15.9 Å². The Bertz CT molecular complexity index is 995. The van der Waals surface area contributed by atoms with E-state index in [-0.39, 0.29) is 17.0 Å². The third-order valence-electron chi connectivity index (χ3n) is 4.52. The Labute approximate surface area is 171 Å². The average Bonchev–Trinajstić information content (AvgIpc) is 2.69. The van der Waals surface area contributed by atoms with Crippen molar-refractivity contribution in [3.8, 4) is 17.7 Å². The topological polar surface area (TPSA) is 101 Å². The highest BCUT2D eigenvalue weighted by molar-refractivity contribution is 7.89. The van der Waals surface area contributed by atoms with E-state index in [1.165, 1.54) is 6.20 Å². The van der Waals surface area contributed by atoms with E-state index >= 15 is 0 Å². The molecule has 11 heteroatoms. The standard InChI is InChI=1S/C19H18F3N3O4S/c20-19(21,22)29-16-6-8-17(9-7-16)30(26,27)25-14-2-4-15(5-3-14)28-18-10-1-13(11-23)12-24-18/h1,6-10,12,14-15,25H,2-5H2. The van der Waals surface area contributed by atoms with E-state index in [9.17, 15) is 21.6 Å². The monoisotopic (exact) mass is 441 g/mol. The van der Waals surface area contributed by atoms with Crippen molar-refractivity contribution in [1.82, 2.24) is 9.71 Å². The number of nitrogens with one attached hydrogen (secondary N) is 1. The van der Waals surface area contributed by atoms with Gasteiger partial charge in [0.25, 0.3) is 0 Å². The molecule has 30 heavy (non-hydrogen) atoms. The Morgan fingerprint density at radius 3 is 2.27 bits per heavy atom. The largest absolute Gasteiger partial charge is 0.573 e. The minimum Gasteiger partial charge on any atom is -0.474 e. The number of pyridine rings is 1. The number of nitriles is 1. The zero-order valence-electron chi connectivity index (χ0n) is 15.6. The molecule has 0 aliphatic heterocycles. The summed E-state index contributed by atoms with van der Waals surface area (Å²) in [5.74, 6) is -0.0882.